The molecule has 1 fully saturated rings. The Labute approximate surface area is 165 Å². The molecule has 1 amide bonds. The summed E-state index contributed by atoms with van der Waals surface area (Å²) in [5, 5.41) is 0. The number of likely N-dealkylation sites (tertiary alicyclic amines) is 1. The molecule has 1 aromatic rings. The number of fused-ring (bicyclic) bond motifs is 1. The highest BCUT2D eigenvalue weighted by Gasteiger charge is 2.18. The SMILES string of the molecule is COc1cc(/C=C/C(=O)OCC(=O)N2CCCCCCC2)cc2c1OCCO2. The van der Waals surface area contributed by atoms with Gasteiger partial charge in [-0.2, -0.15) is 0 Å². The van der Waals surface area contributed by atoms with Crippen LogP contribution in [-0.4, -0.2) is 56.8 Å². The normalized spacial score (nSPS) is 17.0. The van der Waals surface area contributed by atoms with Crippen LogP contribution >= 0.6 is 0 Å². The van der Waals surface area contributed by atoms with Crippen molar-refractivity contribution >= 4 is 18.0 Å². The fourth-order valence-corrected chi connectivity index (χ4v) is 3.32. The standard InChI is InChI=1S/C21H27NO6/c1-25-17-13-16(14-18-21(17)27-12-11-26-18)7-8-20(24)28-15-19(23)22-9-5-3-2-4-6-10-22/h7-8,13-14H,2-6,9-12,15H2,1H3/b8-7+. The summed E-state index contributed by atoms with van der Waals surface area (Å²) in [7, 11) is 1.55. The number of amides is 1. The molecule has 0 unspecified atom stereocenters. The van der Waals surface area contributed by atoms with Crippen molar-refractivity contribution in [3.63, 3.8) is 0 Å². The van der Waals surface area contributed by atoms with E-state index in [0.717, 1.165) is 38.8 Å². The molecule has 3 rings (SSSR count). The molecule has 0 bridgehead atoms. The predicted octanol–water partition coefficient (Wildman–Crippen LogP) is 2.82. The van der Waals surface area contributed by atoms with Gasteiger partial charge in [-0.3, -0.25) is 4.79 Å². The summed E-state index contributed by atoms with van der Waals surface area (Å²) in [4.78, 5) is 26.1. The second-order valence-electron chi connectivity index (χ2n) is 6.84. The van der Waals surface area contributed by atoms with Crippen LogP contribution in [0.3, 0.4) is 0 Å². The van der Waals surface area contributed by atoms with Crippen LogP contribution in [0.1, 0.15) is 37.7 Å². The Morgan fingerprint density at radius 2 is 1.79 bits per heavy atom. The van der Waals surface area contributed by atoms with Crippen LogP contribution in [0.15, 0.2) is 18.2 Å². The first-order valence-corrected chi connectivity index (χ1v) is 9.77. The molecule has 7 nitrogen and oxygen atoms in total. The van der Waals surface area contributed by atoms with Crippen LogP contribution in [-0.2, 0) is 14.3 Å². The molecule has 2 aliphatic heterocycles. The smallest absolute Gasteiger partial charge is 0.331 e. The topological polar surface area (TPSA) is 74.3 Å². The Hall–Kier alpha value is -2.70. The number of carbonyl (C=O) groups excluding carboxylic acids is 2. The second-order valence-corrected chi connectivity index (χ2v) is 6.84. The lowest BCUT2D eigenvalue weighted by atomic mass is 10.1. The Bertz CT molecular complexity index is 705. The molecule has 152 valence electrons. The van der Waals surface area contributed by atoms with Crippen molar-refractivity contribution < 1.29 is 28.5 Å². The molecule has 0 saturated carbocycles. The fourth-order valence-electron chi connectivity index (χ4n) is 3.32. The zero-order valence-electron chi connectivity index (χ0n) is 16.3. The van der Waals surface area contributed by atoms with Crippen LogP contribution in [0.4, 0.5) is 0 Å². The summed E-state index contributed by atoms with van der Waals surface area (Å²) in [6.07, 6.45) is 8.43. The molecule has 1 saturated heterocycles. The molecule has 0 spiro atoms. The zero-order chi connectivity index (χ0) is 19.8. The molecule has 0 N–H and O–H groups in total. The Morgan fingerprint density at radius 3 is 2.54 bits per heavy atom. The first-order valence-electron chi connectivity index (χ1n) is 9.77. The van der Waals surface area contributed by atoms with Gasteiger partial charge in [0, 0.05) is 19.2 Å². The minimum Gasteiger partial charge on any atom is -0.493 e. The quantitative estimate of drug-likeness (QED) is 0.570. The lowest BCUT2D eigenvalue weighted by Gasteiger charge is -2.24. The molecular formula is C21H27NO6. The molecule has 2 heterocycles. The van der Waals surface area contributed by atoms with E-state index < -0.39 is 5.97 Å². The predicted molar refractivity (Wildman–Crippen MR) is 104 cm³/mol. The van der Waals surface area contributed by atoms with E-state index in [2.05, 4.69) is 0 Å². The Morgan fingerprint density at radius 1 is 1.07 bits per heavy atom. The molecule has 1 aromatic carbocycles. The van der Waals surface area contributed by atoms with Crippen molar-refractivity contribution in [3.8, 4) is 17.2 Å². The molecule has 28 heavy (non-hydrogen) atoms. The third kappa shape index (κ3) is 5.41. The monoisotopic (exact) mass is 389 g/mol. The van der Waals surface area contributed by atoms with E-state index in [-0.39, 0.29) is 12.5 Å². The van der Waals surface area contributed by atoms with Gasteiger partial charge in [-0.25, -0.2) is 4.79 Å². The van der Waals surface area contributed by atoms with Crippen LogP contribution in [0.25, 0.3) is 6.08 Å². The van der Waals surface area contributed by atoms with Gasteiger partial charge in [-0.05, 0) is 36.6 Å². The third-order valence-corrected chi connectivity index (χ3v) is 4.81. The van der Waals surface area contributed by atoms with Gasteiger partial charge in [0.25, 0.3) is 5.91 Å². The van der Waals surface area contributed by atoms with Crippen molar-refractivity contribution in [3.05, 3.63) is 23.8 Å². The summed E-state index contributed by atoms with van der Waals surface area (Å²) in [5.41, 5.74) is 0.716. The zero-order valence-corrected chi connectivity index (χ0v) is 16.3. The van der Waals surface area contributed by atoms with Crippen molar-refractivity contribution in [1.29, 1.82) is 0 Å². The highest BCUT2D eigenvalue weighted by molar-refractivity contribution is 5.89. The van der Waals surface area contributed by atoms with E-state index >= 15 is 0 Å². The number of benzene rings is 1. The van der Waals surface area contributed by atoms with Gasteiger partial charge < -0.3 is 23.8 Å². The average molecular weight is 389 g/mol. The van der Waals surface area contributed by atoms with Gasteiger partial charge in [0.2, 0.25) is 5.75 Å². The number of esters is 1. The second kappa shape index (κ2) is 10.0. The number of carbonyl (C=O) groups is 2. The van der Waals surface area contributed by atoms with Crippen molar-refractivity contribution in [2.75, 3.05) is 40.0 Å². The average Bonchev–Trinajstić information content (AvgIpc) is 2.69. The van der Waals surface area contributed by atoms with E-state index in [1.165, 1.54) is 12.5 Å². The number of hydrogen-bond acceptors (Lipinski definition) is 6. The largest absolute Gasteiger partial charge is 0.493 e. The minimum atomic E-state index is -0.561. The summed E-state index contributed by atoms with van der Waals surface area (Å²) < 4.78 is 21.6. The first-order chi connectivity index (χ1) is 13.7. The number of ether oxygens (including phenoxy) is 4. The Balaban J connectivity index is 1.54. The first kappa shape index (κ1) is 20.0. The van der Waals surface area contributed by atoms with Gasteiger partial charge >= 0.3 is 5.97 Å². The van der Waals surface area contributed by atoms with Crippen molar-refractivity contribution in [2.24, 2.45) is 0 Å². The summed E-state index contributed by atoms with van der Waals surface area (Å²) in [6, 6.07) is 3.52. The lowest BCUT2D eigenvalue weighted by Crippen LogP contribution is -2.36. The molecule has 0 radical (unpaired) electrons. The minimum absolute atomic E-state index is 0.135. The van der Waals surface area contributed by atoms with E-state index in [9.17, 15) is 9.59 Å². The van der Waals surface area contributed by atoms with Gasteiger partial charge in [-0.1, -0.05) is 19.3 Å². The lowest BCUT2D eigenvalue weighted by molar-refractivity contribution is -0.148. The molecule has 7 heteroatoms. The molecule has 0 aliphatic carbocycles. The maximum Gasteiger partial charge on any atom is 0.331 e. The number of methoxy groups -OCH3 is 1. The van der Waals surface area contributed by atoms with Crippen LogP contribution in [0, 0.1) is 0 Å². The van der Waals surface area contributed by atoms with Crippen LogP contribution in [0.5, 0.6) is 17.2 Å². The van der Waals surface area contributed by atoms with E-state index in [1.807, 2.05) is 0 Å². The fraction of sp³-hybridized carbons (Fsp3) is 0.524. The van der Waals surface area contributed by atoms with Crippen LogP contribution < -0.4 is 14.2 Å². The third-order valence-electron chi connectivity index (χ3n) is 4.81. The molecule has 0 aromatic heterocycles. The van der Waals surface area contributed by atoms with Gasteiger partial charge in [-0.15, -0.1) is 0 Å². The van der Waals surface area contributed by atoms with E-state index in [4.69, 9.17) is 18.9 Å². The summed E-state index contributed by atoms with van der Waals surface area (Å²) in [6.45, 7) is 2.18. The number of hydrogen-bond donors (Lipinski definition) is 0. The number of rotatable bonds is 5. The maximum atomic E-state index is 12.3. The highest BCUT2D eigenvalue weighted by Crippen LogP contribution is 2.40. The van der Waals surface area contributed by atoms with Gasteiger partial charge in [0.05, 0.1) is 7.11 Å². The summed E-state index contributed by atoms with van der Waals surface area (Å²) >= 11 is 0. The molecule has 0 atom stereocenters. The molecular weight excluding hydrogens is 362 g/mol. The van der Waals surface area contributed by atoms with E-state index in [0.29, 0.717) is 36.0 Å². The van der Waals surface area contributed by atoms with Crippen LogP contribution in [0.2, 0.25) is 0 Å². The maximum absolute atomic E-state index is 12.3. The number of nitrogens with zero attached hydrogens (tertiary/aromatic N) is 1. The van der Waals surface area contributed by atoms with Crippen molar-refractivity contribution in [2.45, 2.75) is 32.1 Å². The van der Waals surface area contributed by atoms with Gasteiger partial charge in [0.1, 0.15) is 13.2 Å². The van der Waals surface area contributed by atoms with Gasteiger partial charge in [0.15, 0.2) is 18.1 Å². The van der Waals surface area contributed by atoms with Crippen molar-refractivity contribution in [1.82, 2.24) is 4.90 Å². The highest BCUT2D eigenvalue weighted by atomic mass is 16.6. The van der Waals surface area contributed by atoms with E-state index in [1.54, 1.807) is 30.2 Å². The summed E-state index contributed by atoms with van der Waals surface area (Å²) in [5.74, 6) is 0.981. The molecule has 2 aliphatic rings. The Kier molecular flexibility index (Phi) is 7.17.